The number of Topliss-reactive ketones (excluding diaryl/α,β-unsaturated/α-hetero) is 1. The van der Waals surface area contributed by atoms with Crippen molar-refractivity contribution in [3.05, 3.63) is 71.8 Å². The molecule has 0 saturated heterocycles. The van der Waals surface area contributed by atoms with Crippen molar-refractivity contribution in [2.24, 2.45) is 5.92 Å². The highest BCUT2D eigenvalue weighted by Crippen LogP contribution is 2.28. The van der Waals surface area contributed by atoms with Crippen molar-refractivity contribution in [2.75, 3.05) is 0 Å². The van der Waals surface area contributed by atoms with Crippen LogP contribution in [0.5, 0.6) is 0 Å². The smallest absolute Gasteiger partial charge is 0.326 e. The monoisotopic (exact) mass is 365 g/mol. The first-order valence-corrected chi connectivity index (χ1v) is 9.21. The van der Waals surface area contributed by atoms with Crippen molar-refractivity contribution in [2.45, 2.75) is 37.6 Å². The average molecular weight is 365 g/mol. The molecule has 27 heavy (non-hydrogen) atoms. The molecule has 0 unspecified atom stereocenters. The Hall–Kier alpha value is -2.95. The van der Waals surface area contributed by atoms with Gasteiger partial charge in [0.05, 0.1) is 5.92 Å². The Balaban J connectivity index is 1.87. The number of rotatable bonds is 6. The highest BCUT2D eigenvalue weighted by atomic mass is 16.4. The summed E-state index contributed by atoms with van der Waals surface area (Å²) in [6.45, 7) is 0. The summed E-state index contributed by atoms with van der Waals surface area (Å²) >= 11 is 0. The van der Waals surface area contributed by atoms with Crippen LogP contribution >= 0.6 is 0 Å². The number of ketones is 1. The lowest BCUT2D eigenvalue weighted by Gasteiger charge is -2.29. The summed E-state index contributed by atoms with van der Waals surface area (Å²) < 4.78 is 0. The third-order valence-corrected chi connectivity index (χ3v) is 5.08. The molecular weight excluding hydrogens is 342 g/mol. The van der Waals surface area contributed by atoms with Crippen LogP contribution in [0, 0.1) is 5.92 Å². The number of benzene rings is 2. The zero-order valence-electron chi connectivity index (χ0n) is 15.0. The van der Waals surface area contributed by atoms with Crippen LogP contribution in [0.3, 0.4) is 0 Å². The molecule has 0 spiro atoms. The molecule has 2 aromatic carbocycles. The SMILES string of the molecule is O=C1CCC[C@H]([C@@H](NC(=O)C(c2ccccc2)c2ccccc2)C(=O)O)C1. The highest BCUT2D eigenvalue weighted by molar-refractivity contribution is 5.91. The van der Waals surface area contributed by atoms with Crippen LogP contribution in [0.15, 0.2) is 60.7 Å². The van der Waals surface area contributed by atoms with Crippen LogP contribution < -0.4 is 5.32 Å². The number of nitrogens with one attached hydrogen (secondary N) is 1. The highest BCUT2D eigenvalue weighted by Gasteiger charge is 2.35. The summed E-state index contributed by atoms with van der Waals surface area (Å²) in [5.74, 6) is -2.36. The number of aliphatic carboxylic acids is 1. The first-order chi connectivity index (χ1) is 13.1. The molecule has 140 valence electrons. The van der Waals surface area contributed by atoms with E-state index >= 15 is 0 Å². The third kappa shape index (κ3) is 4.61. The summed E-state index contributed by atoms with van der Waals surface area (Å²) in [7, 11) is 0. The molecule has 5 nitrogen and oxygen atoms in total. The molecule has 0 radical (unpaired) electrons. The van der Waals surface area contributed by atoms with Gasteiger partial charge in [-0.25, -0.2) is 4.79 Å². The Morgan fingerprint density at radius 3 is 2.00 bits per heavy atom. The van der Waals surface area contributed by atoms with Crippen LogP contribution in [0.2, 0.25) is 0 Å². The molecule has 1 fully saturated rings. The molecule has 5 heteroatoms. The van der Waals surface area contributed by atoms with Gasteiger partial charge in [0.1, 0.15) is 11.8 Å². The van der Waals surface area contributed by atoms with Crippen LogP contribution in [-0.4, -0.2) is 28.8 Å². The molecule has 1 aliphatic carbocycles. The maximum atomic E-state index is 13.1. The predicted molar refractivity (Wildman–Crippen MR) is 101 cm³/mol. The van der Waals surface area contributed by atoms with Gasteiger partial charge in [-0.3, -0.25) is 9.59 Å². The maximum absolute atomic E-state index is 13.1. The Morgan fingerprint density at radius 2 is 1.52 bits per heavy atom. The molecule has 0 heterocycles. The first kappa shape index (κ1) is 18.8. The van der Waals surface area contributed by atoms with Crippen LogP contribution in [0.4, 0.5) is 0 Å². The van der Waals surface area contributed by atoms with Crippen molar-refractivity contribution in [1.82, 2.24) is 5.32 Å². The minimum absolute atomic E-state index is 0.0643. The second-order valence-corrected chi connectivity index (χ2v) is 6.97. The molecule has 2 aromatic rings. The summed E-state index contributed by atoms with van der Waals surface area (Å²) in [6.07, 6.45) is 2.00. The van der Waals surface area contributed by atoms with Crippen molar-refractivity contribution in [3.63, 3.8) is 0 Å². The van der Waals surface area contributed by atoms with E-state index in [0.29, 0.717) is 19.3 Å². The van der Waals surface area contributed by atoms with E-state index in [1.807, 2.05) is 60.7 Å². The second kappa shape index (κ2) is 8.62. The number of carboxylic acids is 1. The molecule has 1 aliphatic rings. The van der Waals surface area contributed by atoms with Gasteiger partial charge >= 0.3 is 5.97 Å². The van der Waals surface area contributed by atoms with E-state index in [1.165, 1.54) is 0 Å². The van der Waals surface area contributed by atoms with E-state index in [-0.39, 0.29) is 24.0 Å². The number of carboxylic acid groups (broad SMARTS) is 1. The van der Waals surface area contributed by atoms with Gasteiger partial charge in [0.2, 0.25) is 5.91 Å². The van der Waals surface area contributed by atoms with Gasteiger partial charge < -0.3 is 10.4 Å². The number of hydrogen-bond donors (Lipinski definition) is 2. The van der Waals surface area contributed by atoms with E-state index in [1.54, 1.807) is 0 Å². The average Bonchev–Trinajstić information content (AvgIpc) is 2.68. The number of hydrogen-bond acceptors (Lipinski definition) is 3. The van der Waals surface area contributed by atoms with Crippen LogP contribution in [-0.2, 0) is 14.4 Å². The normalized spacial score (nSPS) is 18.1. The molecule has 2 N–H and O–H groups in total. The number of carbonyl (C=O) groups excluding carboxylic acids is 2. The zero-order valence-corrected chi connectivity index (χ0v) is 15.0. The molecule has 1 saturated carbocycles. The lowest BCUT2D eigenvalue weighted by atomic mass is 9.82. The summed E-state index contributed by atoms with van der Waals surface area (Å²) in [5, 5.41) is 12.4. The van der Waals surface area contributed by atoms with E-state index < -0.39 is 17.9 Å². The van der Waals surface area contributed by atoms with Gasteiger partial charge in [-0.1, -0.05) is 60.7 Å². The molecule has 3 rings (SSSR count). The first-order valence-electron chi connectivity index (χ1n) is 9.21. The van der Waals surface area contributed by atoms with Gasteiger partial charge in [-0.15, -0.1) is 0 Å². The lowest BCUT2D eigenvalue weighted by Crippen LogP contribution is -2.49. The van der Waals surface area contributed by atoms with Crippen molar-refractivity contribution >= 4 is 17.7 Å². The predicted octanol–water partition coefficient (Wildman–Crippen LogP) is 3.15. The van der Waals surface area contributed by atoms with Crippen molar-refractivity contribution in [3.8, 4) is 0 Å². The van der Waals surface area contributed by atoms with Crippen molar-refractivity contribution < 1.29 is 19.5 Å². The molecular formula is C22H23NO4. The summed E-state index contributed by atoms with van der Waals surface area (Å²) in [5.41, 5.74) is 1.59. The molecule has 1 amide bonds. The summed E-state index contributed by atoms with van der Waals surface area (Å²) in [6, 6.07) is 17.5. The Labute approximate surface area is 158 Å². The Morgan fingerprint density at radius 1 is 0.963 bits per heavy atom. The molecule has 2 atom stereocenters. The Kier molecular flexibility index (Phi) is 6.01. The molecule has 0 aromatic heterocycles. The zero-order chi connectivity index (χ0) is 19.2. The van der Waals surface area contributed by atoms with Gasteiger partial charge in [0, 0.05) is 12.8 Å². The van der Waals surface area contributed by atoms with Crippen LogP contribution in [0.1, 0.15) is 42.7 Å². The largest absolute Gasteiger partial charge is 0.480 e. The maximum Gasteiger partial charge on any atom is 0.326 e. The van der Waals surface area contributed by atoms with Gasteiger partial charge in [0.25, 0.3) is 0 Å². The van der Waals surface area contributed by atoms with E-state index in [2.05, 4.69) is 5.32 Å². The Bertz CT molecular complexity index is 764. The van der Waals surface area contributed by atoms with Crippen LogP contribution in [0.25, 0.3) is 0 Å². The minimum atomic E-state index is -1.09. The third-order valence-electron chi connectivity index (χ3n) is 5.08. The topological polar surface area (TPSA) is 83.5 Å². The quantitative estimate of drug-likeness (QED) is 0.824. The lowest BCUT2D eigenvalue weighted by molar-refractivity contribution is -0.144. The fourth-order valence-corrected chi connectivity index (χ4v) is 3.75. The minimum Gasteiger partial charge on any atom is -0.480 e. The standard InChI is InChI=1S/C22H23NO4/c24-18-13-7-12-17(14-18)20(22(26)27)23-21(25)19(15-8-3-1-4-9-15)16-10-5-2-6-11-16/h1-6,8-11,17,19-20H,7,12-14H2,(H,23,25)(H,26,27)/t17-,20+/m0/s1. The van der Waals surface area contributed by atoms with Gasteiger partial charge in [-0.05, 0) is 29.9 Å². The van der Waals surface area contributed by atoms with E-state index in [0.717, 1.165) is 11.1 Å². The number of carbonyl (C=O) groups is 3. The van der Waals surface area contributed by atoms with E-state index in [4.69, 9.17) is 0 Å². The molecule has 0 aliphatic heterocycles. The van der Waals surface area contributed by atoms with Gasteiger partial charge in [-0.2, -0.15) is 0 Å². The molecule has 0 bridgehead atoms. The van der Waals surface area contributed by atoms with Gasteiger partial charge in [0.15, 0.2) is 0 Å². The number of amides is 1. The fourth-order valence-electron chi connectivity index (χ4n) is 3.75. The summed E-state index contributed by atoms with van der Waals surface area (Å²) in [4.78, 5) is 36.7. The fraction of sp³-hybridized carbons (Fsp3) is 0.318. The second-order valence-electron chi connectivity index (χ2n) is 6.97. The van der Waals surface area contributed by atoms with Crippen molar-refractivity contribution in [1.29, 1.82) is 0 Å². The van der Waals surface area contributed by atoms with E-state index in [9.17, 15) is 19.5 Å².